The minimum atomic E-state index is -7.93. The molecule has 0 aliphatic carbocycles. The molecule has 0 saturated heterocycles. The second kappa shape index (κ2) is 6.06. The highest BCUT2D eigenvalue weighted by molar-refractivity contribution is 5.52. The molecule has 14 heteroatoms. The van der Waals surface area contributed by atoms with Crippen LogP contribution in [-0.2, 0) is 5.92 Å². The molecule has 0 atom stereocenters. The number of hydrogen-bond donors (Lipinski definition) is 1. The monoisotopic (exact) mass is 425 g/mol. The van der Waals surface area contributed by atoms with Gasteiger partial charge in [-0.3, -0.25) is 0 Å². The Balaban J connectivity index is 3.66. The van der Waals surface area contributed by atoms with E-state index in [1.54, 1.807) is 0 Å². The molecular formula is C13H8F13N. The predicted octanol–water partition coefficient (Wildman–Crippen LogP) is 5.77. The Morgan fingerprint density at radius 3 is 1.44 bits per heavy atom. The van der Waals surface area contributed by atoms with E-state index >= 15 is 0 Å². The second-order valence-electron chi connectivity index (χ2n) is 5.46. The maximum Gasteiger partial charge on any atom is 0.460 e. The van der Waals surface area contributed by atoms with Crippen LogP contribution in [0.25, 0.3) is 0 Å². The summed E-state index contributed by atoms with van der Waals surface area (Å²) < 4.78 is 170. The smallest absolute Gasteiger partial charge is 0.398 e. The van der Waals surface area contributed by atoms with Crippen molar-refractivity contribution >= 4 is 5.69 Å². The van der Waals surface area contributed by atoms with E-state index in [-0.39, 0.29) is 11.6 Å². The number of alkyl halides is 13. The lowest BCUT2D eigenvalue weighted by Gasteiger charge is -2.40. The van der Waals surface area contributed by atoms with Gasteiger partial charge in [0.15, 0.2) is 0 Å². The number of aryl methyl sites for hydroxylation is 1. The van der Waals surface area contributed by atoms with Crippen molar-refractivity contribution in [2.24, 2.45) is 0 Å². The molecule has 0 aliphatic heterocycles. The molecule has 2 N–H and O–H groups in total. The Morgan fingerprint density at radius 1 is 0.630 bits per heavy atom. The Labute approximate surface area is 141 Å². The third-order valence-electron chi connectivity index (χ3n) is 3.48. The first kappa shape index (κ1) is 23.1. The summed E-state index contributed by atoms with van der Waals surface area (Å²) in [7, 11) is 0. The van der Waals surface area contributed by atoms with Crippen molar-refractivity contribution in [1.82, 2.24) is 0 Å². The van der Waals surface area contributed by atoms with Gasteiger partial charge >= 0.3 is 35.8 Å². The molecule has 0 heterocycles. The molecule has 1 rings (SSSR count). The SMILES string of the molecule is Cc1ccc(N)c(C(F)(F)C(F)(F)C(F)(F)C(F)(F)C(F)(F)C(F)(F)F)c1. The van der Waals surface area contributed by atoms with Gasteiger partial charge in [-0.05, 0) is 19.1 Å². The Bertz CT molecular complexity index is 705. The molecular weight excluding hydrogens is 417 g/mol. The maximum absolute atomic E-state index is 13.9. The van der Waals surface area contributed by atoms with Crippen molar-refractivity contribution < 1.29 is 57.1 Å². The largest absolute Gasteiger partial charge is 0.460 e. The number of halogens is 13. The lowest BCUT2D eigenvalue weighted by atomic mass is 9.89. The Hall–Kier alpha value is -1.89. The van der Waals surface area contributed by atoms with Gasteiger partial charge in [-0.15, -0.1) is 0 Å². The first-order valence-corrected chi connectivity index (χ1v) is 6.48. The minimum absolute atomic E-state index is 0.0688. The summed E-state index contributed by atoms with van der Waals surface area (Å²) in [4.78, 5) is 0. The molecule has 0 amide bonds. The van der Waals surface area contributed by atoms with E-state index in [1.807, 2.05) is 0 Å². The molecule has 0 aromatic heterocycles. The van der Waals surface area contributed by atoms with Crippen LogP contribution in [0.1, 0.15) is 11.1 Å². The standard InChI is InChI=1S/C13H8F13N/c1-5-2-3-7(27)6(4-5)8(14,15)9(16,17)10(18,19)11(20,21)12(22,23)13(24,25)26/h2-4H,27H2,1H3. The highest BCUT2D eigenvalue weighted by Gasteiger charge is 2.90. The van der Waals surface area contributed by atoms with Crippen molar-refractivity contribution in [3.8, 4) is 0 Å². The summed E-state index contributed by atoms with van der Waals surface area (Å²) in [6.07, 6.45) is -7.44. The number of nitrogens with two attached hydrogens (primary N) is 1. The van der Waals surface area contributed by atoms with Gasteiger partial charge in [0.25, 0.3) is 0 Å². The normalized spacial score (nSPS) is 15.2. The minimum Gasteiger partial charge on any atom is -0.398 e. The third-order valence-corrected chi connectivity index (χ3v) is 3.48. The van der Waals surface area contributed by atoms with E-state index in [0.29, 0.717) is 6.07 Å². The van der Waals surface area contributed by atoms with Crippen molar-refractivity contribution in [3.05, 3.63) is 29.3 Å². The number of nitrogen functional groups attached to an aromatic ring is 1. The summed E-state index contributed by atoms with van der Waals surface area (Å²) in [5, 5.41) is 0. The summed E-state index contributed by atoms with van der Waals surface area (Å²) in [5.41, 5.74) is 1.14. The zero-order valence-corrected chi connectivity index (χ0v) is 12.7. The molecule has 27 heavy (non-hydrogen) atoms. The number of anilines is 1. The quantitative estimate of drug-likeness (QED) is 0.471. The first-order valence-electron chi connectivity index (χ1n) is 6.48. The number of benzene rings is 1. The topological polar surface area (TPSA) is 26.0 Å². The van der Waals surface area contributed by atoms with Gasteiger partial charge in [-0.1, -0.05) is 11.6 Å². The predicted molar refractivity (Wildman–Crippen MR) is 65.3 cm³/mol. The van der Waals surface area contributed by atoms with Gasteiger partial charge in [0.1, 0.15) is 0 Å². The van der Waals surface area contributed by atoms with E-state index in [0.717, 1.165) is 13.0 Å². The van der Waals surface area contributed by atoms with Crippen LogP contribution in [0.2, 0.25) is 0 Å². The molecule has 0 aliphatic rings. The number of hydrogen-bond acceptors (Lipinski definition) is 1. The molecule has 0 radical (unpaired) electrons. The summed E-state index contributed by atoms with van der Waals surface area (Å²) in [6.45, 7) is 0.974. The van der Waals surface area contributed by atoms with Crippen LogP contribution in [0.5, 0.6) is 0 Å². The van der Waals surface area contributed by atoms with E-state index in [2.05, 4.69) is 0 Å². The molecule has 1 aromatic rings. The van der Waals surface area contributed by atoms with Crippen LogP contribution in [0.3, 0.4) is 0 Å². The molecule has 0 unspecified atom stereocenters. The lowest BCUT2D eigenvalue weighted by Crippen LogP contribution is -2.69. The van der Waals surface area contributed by atoms with Crippen LogP contribution in [-0.4, -0.2) is 29.9 Å². The second-order valence-corrected chi connectivity index (χ2v) is 5.46. The summed E-state index contributed by atoms with van der Waals surface area (Å²) in [6, 6.07) is 1.49. The van der Waals surface area contributed by atoms with Crippen molar-refractivity contribution in [1.29, 1.82) is 0 Å². The zero-order chi connectivity index (χ0) is 21.9. The van der Waals surface area contributed by atoms with Crippen molar-refractivity contribution in [2.45, 2.75) is 42.7 Å². The molecule has 0 fully saturated rings. The van der Waals surface area contributed by atoms with E-state index in [4.69, 9.17) is 5.73 Å². The third kappa shape index (κ3) is 3.06. The lowest BCUT2D eigenvalue weighted by molar-refractivity contribution is -0.441. The molecule has 0 bridgehead atoms. The zero-order valence-electron chi connectivity index (χ0n) is 12.7. The molecule has 1 aromatic carbocycles. The fourth-order valence-corrected chi connectivity index (χ4v) is 1.88. The van der Waals surface area contributed by atoms with Crippen molar-refractivity contribution in [2.75, 3.05) is 5.73 Å². The van der Waals surface area contributed by atoms with Gasteiger partial charge in [0.2, 0.25) is 0 Å². The average molecular weight is 425 g/mol. The summed E-state index contributed by atoms with van der Waals surface area (Å²) in [5.74, 6) is -37.2. The molecule has 0 saturated carbocycles. The van der Waals surface area contributed by atoms with Crippen LogP contribution < -0.4 is 5.73 Å². The van der Waals surface area contributed by atoms with E-state index in [1.165, 1.54) is 0 Å². The molecule has 156 valence electrons. The van der Waals surface area contributed by atoms with Crippen molar-refractivity contribution in [3.63, 3.8) is 0 Å². The van der Waals surface area contributed by atoms with Crippen LogP contribution in [0.4, 0.5) is 62.8 Å². The average Bonchev–Trinajstić information content (AvgIpc) is 2.47. The molecule has 1 nitrogen and oxygen atoms in total. The van der Waals surface area contributed by atoms with Crippen LogP contribution in [0.15, 0.2) is 18.2 Å². The van der Waals surface area contributed by atoms with Gasteiger partial charge in [0.05, 0.1) is 5.56 Å². The van der Waals surface area contributed by atoms with Gasteiger partial charge in [0, 0.05) is 5.69 Å². The maximum atomic E-state index is 13.9. The first-order chi connectivity index (χ1) is 11.7. The Morgan fingerprint density at radius 2 is 1.04 bits per heavy atom. The van der Waals surface area contributed by atoms with E-state index < -0.39 is 47.0 Å². The van der Waals surface area contributed by atoms with Gasteiger partial charge in [-0.25, -0.2) is 0 Å². The molecule has 0 spiro atoms. The fourth-order valence-electron chi connectivity index (χ4n) is 1.88. The fraction of sp³-hybridized carbons (Fsp3) is 0.538. The number of rotatable bonds is 5. The summed E-state index contributed by atoms with van der Waals surface area (Å²) >= 11 is 0. The van der Waals surface area contributed by atoms with Gasteiger partial charge < -0.3 is 5.73 Å². The van der Waals surface area contributed by atoms with Crippen LogP contribution >= 0.6 is 0 Å². The highest BCUT2D eigenvalue weighted by Crippen LogP contribution is 2.62. The van der Waals surface area contributed by atoms with E-state index in [9.17, 15) is 57.1 Å². The Kier molecular flexibility index (Phi) is 5.19. The highest BCUT2D eigenvalue weighted by atomic mass is 19.4. The van der Waals surface area contributed by atoms with Gasteiger partial charge in [-0.2, -0.15) is 57.1 Å². The van der Waals surface area contributed by atoms with Crippen LogP contribution in [0, 0.1) is 6.92 Å².